The average molecular weight is 469 g/mol. The molecule has 0 aliphatic carbocycles. The van der Waals surface area contributed by atoms with Crippen molar-refractivity contribution in [1.82, 2.24) is 4.90 Å². The molecule has 2 aromatic carbocycles. The Morgan fingerprint density at radius 1 is 1.06 bits per heavy atom. The standard InChI is InChI=1S/C25H27NO8/c1-4-32-17-7-5-15(13-19(17)31-3)22-21(24(28)25(29)26(22)9-10-30-2)23(27)16-6-8-18-20(14-16)34-12-11-33-18/h5-8,13-14,22,27H,4,9-12H2,1-3H3. The topological polar surface area (TPSA) is 104 Å². The van der Waals surface area contributed by atoms with Crippen LogP contribution in [0.3, 0.4) is 0 Å². The van der Waals surface area contributed by atoms with Crippen LogP contribution >= 0.6 is 0 Å². The van der Waals surface area contributed by atoms with Gasteiger partial charge < -0.3 is 33.7 Å². The molecule has 1 amide bonds. The Kier molecular flexibility index (Phi) is 6.93. The number of benzene rings is 2. The molecular formula is C25H27NO8. The number of hydrogen-bond donors (Lipinski definition) is 1. The summed E-state index contributed by atoms with van der Waals surface area (Å²) in [6.45, 7) is 3.51. The van der Waals surface area contributed by atoms with Crippen molar-refractivity contribution in [3.63, 3.8) is 0 Å². The first-order valence-electron chi connectivity index (χ1n) is 11.0. The molecule has 1 saturated heterocycles. The van der Waals surface area contributed by atoms with Gasteiger partial charge in [0.2, 0.25) is 0 Å². The van der Waals surface area contributed by atoms with E-state index >= 15 is 0 Å². The zero-order valence-electron chi connectivity index (χ0n) is 19.3. The number of aliphatic hydroxyl groups is 1. The van der Waals surface area contributed by atoms with Crippen molar-refractivity contribution < 1.29 is 38.4 Å². The molecule has 180 valence electrons. The lowest BCUT2D eigenvalue weighted by atomic mass is 9.94. The fourth-order valence-electron chi connectivity index (χ4n) is 4.12. The number of aliphatic hydroxyl groups excluding tert-OH is 1. The Balaban J connectivity index is 1.84. The molecule has 0 radical (unpaired) electrons. The number of ketones is 1. The van der Waals surface area contributed by atoms with E-state index in [0.717, 1.165) is 0 Å². The van der Waals surface area contributed by atoms with Crippen molar-refractivity contribution in [3.05, 3.63) is 53.1 Å². The van der Waals surface area contributed by atoms with Crippen molar-refractivity contribution in [2.45, 2.75) is 13.0 Å². The van der Waals surface area contributed by atoms with Crippen molar-refractivity contribution in [2.24, 2.45) is 0 Å². The first-order chi connectivity index (χ1) is 16.5. The second-order valence-electron chi connectivity index (χ2n) is 7.69. The Labute approximate surface area is 197 Å². The van der Waals surface area contributed by atoms with Gasteiger partial charge in [0.1, 0.15) is 19.0 Å². The van der Waals surface area contributed by atoms with Crippen LogP contribution in [0.1, 0.15) is 24.1 Å². The molecule has 0 bridgehead atoms. The summed E-state index contributed by atoms with van der Waals surface area (Å²) in [5.41, 5.74) is 0.913. The van der Waals surface area contributed by atoms with Crippen molar-refractivity contribution >= 4 is 17.4 Å². The molecule has 1 N–H and O–H groups in total. The van der Waals surface area contributed by atoms with Gasteiger partial charge in [-0.2, -0.15) is 0 Å². The quantitative estimate of drug-likeness (QED) is 0.358. The fraction of sp³-hybridized carbons (Fsp3) is 0.360. The maximum Gasteiger partial charge on any atom is 0.295 e. The minimum absolute atomic E-state index is 0.0241. The molecule has 0 aromatic heterocycles. The van der Waals surface area contributed by atoms with Crippen LogP contribution in [0.25, 0.3) is 5.76 Å². The summed E-state index contributed by atoms with van der Waals surface area (Å²) in [5.74, 6) is 0.216. The van der Waals surface area contributed by atoms with Crippen LogP contribution in [-0.2, 0) is 14.3 Å². The second-order valence-corrected chi connectivity index (χ2v) is 7.69. The van der Waals surface area contributed by atoms with E-state index in [1.54, 1.807) is 36.4 Å². The third-order valence-electron chi connectivity index (χ3n) is 5.70. The molecule has 4 rings (SSSR count). The summed E-state index contributed by atoms with van der Waals surface area (Å²) in [7, 11) is 3.03. The Bertz CT molecular complexity index is 1130. The van der Waals surface area contributed by atoms with Gasteiger partial charge in [-0.3, -0.25) is 9.59 Å². The van der Waals surface area contributed by atoms with E-state index < -0.39 is 17.7 Å². The minimum atomic E-state index is -0.840. The summed E-state index contributed by atoms with van der Waals surface area (Å²) < 4.78 is 27.4. The van der Waals surface area contributed by atoms with Crippen molar-refractivity contribution in [1.29, 1.82) is 0 Å². The monoisotopic (exact) mass is 469 g/mol. The van der Waals surface area contributed by atoms with E-state index in [-0.39, 0.29) is 24.5 Å². The zero-order valence-corrected chi connectivity index (χ0v) is 19.3. The predicted molar refractivity (Wildman–Crippen MR) is 122 cm³/mol. The van der Waals surface area contributed by atoms with E-state index in [1.165, 1.54) is 19.1 Å². The van der Waals surface area contributed by atoms with Crippen LogP contribution < -0.4 is 18.9 Å². The number of nitrogens with zero attached hydrogens (tertiary/aromatic N) is 1. The number of likely N-dealkylation sites (tertiary alicyclic amines) is 1. The number of fused-ring (bicyclic) bond motifs is 1. The molecule has 1 unspecified atom stereocenters. The highest BCUT2D eigenvalue weighted by molar-refractivity contribution is 6.46. The maximum atomic E-state index is 13.1. The van der Waals surface area contributed by atoms with E-state index in [0.29, 0.717) is 53.9 Å². The first kappa shape index (κ1) is 23.4. The number of carbonyl (C=O) groups excluding carboxylic acids is 2. The van der Waals surface area contributed by atoms with Gasteiger partial charge in [-0.25, -0.2) is 0 Å². The van der Waals surface area contributed by atoms with Crippen LogP contribution in [0.5, 0.6) is 23.0 Å². The highest BCUT2D eigenvalue weighted by Gasteiger charge is 2.46. The molecule has 0 spiro atoms. The molecular weight excluding hydrogens is 442 g/mol. The molecule has 0 saturated carbocycles. The highest BCUT2D eigenvalue weighted by atomic mass is 16.6. The van der Waals surface area contributed by atoms with Crippen molar-refractivity contribution in [3.8, 4) is 23.0 Å². The third kappa shape index (κ3) is 4.26. The highest BCUT2D eigenvalue weighted by Crippen LogP contribution is 2.43. The van der Waals surface area contributed by atoms with Gasteiger partial charge in [0.15, 0.2) is 23.0 Å². The molecule has 1 atom stereocenters. The molecule has 34 heavy (non-hydrogen) atoms. The largest absolute Gasteiger partial charge is 0.507 e. The maximum absolute atomic E-state index is 13.1. The fourth-order valence-corrected chi connectivity index (χ4v) is 4.12. The number of hydrogen-bond acceptors (Lipinski definition) is 8. The molecule has 2 aliphatic heterocycles. The van der Waals surface area contributed by atoms with Gasteiger partial charge in [0, 0.05) is 19.2 Å². The normalized spacial score (nSPS) is 18.8. The van der Waals surface area contributed by atoms with Crippen LogP contribution in [-0.4, -0.2) is 68.9 Å². The summed E-state index contributed by atoms with van der Waals surface area (Å²) >= 11 is 0. The summed E-state index contributed by atoms with van der Waals surface area (Å²) in [4.78, 5) is 27.5. The molecule has 2 aromatic rings. The minimum Gasteiger partial charge on any atom is -0.507 e. The lowest BCUT2D eigenvalue weighted by Crippen LogP contribution is -2.32. The number of Topliss-reactive ketones (excluding diaryl/α,β-unsaturated/α-hetero) is 1. The second kappa shape index (κ2) is 10.0. The lowest BCUT2D eigenvalue weighted by Gasteiger charge is -2.26. The van der Waals surface area contributed by atoms with Gasteiger partial charge >= 0.3 is 0 Å². The van der Waals surface area contributed by atoms with Gasteiger partial charge in [0.25, 0.3) is 11.7 Å². The third-order valence-corrected chi connectivity index (χ3v) is 5.70. The summed E-state index contributed by atoms with van der Waals surface area (Å²) in [6, 6.07) is 9.23. The van der Waals surface area contributed by atoms with E-state index in [4.69, 9.17) is 23.7 Å². The van der Waals surface area contributed by atoms with Crippen LogP contribution in [0, 0.1) is 0 Å². The number of carbonyl (C=O) groups is 2. The molecule has 2 heterocycles. The van der Waals surface area contributed by atoms with Gasteiger partial charge in [-0.1, -0.05) is 6.07 Å². The average Bonchev–Trinajstić information content (AvgIpc) is 3.12. The zero-order chi connectivity index (χ0) is 24.2. The van der Waals surface area contributed by atoms with Crippen molar-refractivity contribution in [2.75, 3.05) is 47.2 Å². The lowest BCUT2D eigenvalue weighted by molar-refractivity contribution is -0.140. The Morgan fingerprint density at radius 2 is 1.82 bits per heavy atom. The van der Waals surface area contributed by atoms with Gasteiger partial charge in [-0.15, -0.1) is 0 Å². The molecule has 1 fully saturated rings. The van der Waals surface area contributed by atoms with Crippen LogP contribution in [0.15, 0.2) is 42.0 Å². The summed E-state index contributed by atoms with van der Waals surface area (Å²) in [5, 5.41) is 11.2. The smallest absolute Gasteiger partial charge is 0.295 e. The van der Waals surface area contributed by atoms with Gasteiger partial charge in [0.05, 0.1) is 31.9 Å². The molecule has 9 heteroatoms. The SMILES string of the molecule is CCOc1ccc(C2C(=C(O)c3ccc4c(c3)OCCO4)C(=O)C(=O)N2CCOC)cc1OC. The van der Waals surface area contributed by atoms with Gasteiger partial charge in [-0.05, 0) is 42.8 Å². The number of rotatable bonds is 8. The van der Waals surface area contributed by atoms with E-state index in [2.05, 4.69) is 0 Å². The number of amides is 1. The van der Waals surface area contributed by atoms with Crippen LogP contribution in [0.4, 0.5) is 0 Å². The van der Waals surface area contributed by atoms with Crippen LogP contribution in [0.2, 0.25) is 0 Å². The summed E-state index contributed by atoms with van der Waals surface area (Å²) in [6.07, 6.45) is 0. The number of methoxy groups -OCH3 is 2. The molecule has 9 nitrogen and oxygen atoms in total. The predicted octanol–water partition coefficient (Wildman–Crippen LogP) is 2.93. The van der Waals surface area contributed by atoms with E-state index in [1.807, 2.05) is 6.92 Å². The Morgan fingerprint density at radius 3 is 2.53 bits per heavy atom. The number of ether oxygens (including phenoxy) is 5. The first-order valence-corrected chi connectivity index (χ1v) is 11.0. The van der Waals surface area contributed by atoms with E-state index in [9.17, 15) is 14.7 Å². The molecule has 2 aliphatic rings. The Hall–Kier alpha value is -3.72.